The molecule has 116 valence electrons. The molecule has 1 aromatic rings. The molecule has 0 bridgehead atoms. The molecule has 1 atom stereocenters. The molecule has 1 saturated heterocycles. The Balaban J connectivity index is 1.46. The highest BCUT2D eigenvalue weighted by atomic mass is 19.1. The first-order valence-corrected chi connectivity index (χ1v) is 7.68. The number of β-amino-alcohol motifs (C(OH)–C–C–N with tert-alkyl or cyclic N) is 1. The number of benzene rings is 1. The second-order valence-electron chi connectivity index (χ2n) is 6.26. The largest absolute Gasteiger partial charge is 0.392 e. The summed E-state index contributed by atoms with van der Waals surface area (Å²) in [5.41, 5.74) is 0.680. The molecule has 3 rings (SSSR count). The van der Waals surface area contributed by atoms with Gasteiger partial charge >= 0.3 is 0 Å². The summed E-state index contributed by atoms with van der Waals surface area (Å²) in [4.78, 5) is 4.49. The van der Waals surface area contributed by atoms with Gasteiger partial charge in [-0.2, -0.15) is 0 Å². The molecule has 1 saturated carbocycles. The Hall–Kier alpha value is -1.04. The number of hydrogen-bond acceptors (Lipinski definition) is 3. The number of aliphatic hydroxyl groups is 1. The van der Waals surface area contributed by atoms with Gasteiger partial charge in [0.25, 0.3) is 0 Å². The van der Waals surface area contributed by atoms with Crippen LogP contribution in [0, 0.1) is 17.6 Å². The maximum absolute atomic E-state index is 13.2. The lowest BCUT2D eigenvalue weighted by Crippen LogP contribution is -2.48. The molecule has 2 fully saturated rings. The first-order chi connectivity index (χ1) is 10.1. The quantitative estimate of drug-likeness (QED) is 0.898. The molecule has 1 aliphatic carbocycles. The second-order valence-corrected chi connectivity index (χ2v) is 6.26. The minimum Gasteiger partial charge on any atom is -0.392 e. The smallest absolute Gasteiger partial charge is 0.126 e. The summed E-state index contributed by atoms with van der Waals surface area (Å²) in [7, 11) is 0. The van der Waals surface area contributed by atoms with Gasteiger partial charge in [-0.3, -0.25) is 9.80 Å². The third-order valence-electron chi connectivity index (χ3n) is 4.40. The van der Waals surface area contributed by atoms with E-state index in [2.05, 4.69) is 9.80 Å². The summed E-state index contributed by atoms with van der Waals surface area (Å²) in [6.07, 6.45) is 2.13. The van der Waals surface area contributed by atoms with Crippen LogP contribution in [-0.4, -0.2) is 53.7 Å². The van der Waals surface area contributed by atoms with Crippen LogP contribution in [0.5, 0.6) is 0 Å². The Morgan fingerprint density at radius 1 is 1.00 bits per heavy atom. The number of halogens is 2. The van der Waals surface area contributed by atoms with Gasteiger partial charge in [0.15, 0.2) is 0 Å². The van der Waals surface area contributed by atoms with E-state index in [4.69, 9.17) is 0 Å². The van der Waals surface area contributed by atoms with Crippen molar-refractivity contribution in [1.82, 2.24) is 9.80 Å². The third kappa shape index (κ3) is 4.22. The molecule has 5 heteroatoms. The fourth-order valence-electron chi connectivity index (χ4n) is 2.99. The van der Waals surface area contributed by atoms with E-state index in [-0.39, 0.29) is 6.10 Å². The highest BCUT2D eigenvalue weighted by Gasteiger charge is 2.31. The molecular weight excluding hydrogens is 274 g/mol. The Kier molecular flexibility index (Phi) is 4.52. The minimum absolute atomic E-state index is 0.186. The van der Waals surface area contributed by atoms with E-state index in [0.717, 1.165) is 51.6 Å². The van der Waals surface area contributed by atoms with Gasteiger partial charge in [0.1, 0.15) is 11.6 Å². The lowest BCUT2D eigenvalue weighted by atomic mass is 10.1. The fourth-order valence-corrected chi connectivity index (χ4v) is 2.99. The van der Waals surface area contributed by atoms with E-state index < -0.39 is 11.6 Å². The van der Waals surface area contributed by atoms with Crippen LogP contribution in [0.2, 0.25) is 0 Å². The number of nitrogens with zero attached hydrogens (tertiary/aromatic N) is 2. The summed E-state index contributed by atoms with van der Waals surface area (Å²) in [6.45, 7) is 4.88. The number of aliphatic hydroxyl groups excluding tert-OH is 1. The predicted octanol–water partition coefficient (Wildman–Crippen LogP) is 1.85. The van der Waals surface area contributed by atoms with Crippen LogP contribution in [0.15, 0.2) is 18.2 Å². The van der Waals surface area contributed by atoms with Crippen molar-refractivity contribution in [2.75, 3.05) is 32.7 Å². The summed E-state index contributed by atoms with van der Waals surface area (Å²) in [5.74, 6) is -0.523. The van der Waals surface area contributed by atoms with Crippen molar-refractivity contribution in [1.29, 1.82) is 0 Å². The molecule has 1 aliphatic heterocycles. The van der Waals surface area contributed by atoms with E-state index in [0.29, 0.717) is 18.0 Å². The average molecular weight is 296 g/mol. The molecular formula is C16H22F2N2O. The van der Waals surface area contributed by atoms with Crippen molar-refractivity contribution in [3.63, 3.8) is 0 Å². The van der Waals surface area contributed by atoms with E-state index in [1.165, 1.54) is 12.1 Å². The molecule has 1 aromatic carbocycles. The van der Waals surface area contributed by atoms with Crippen LogP contribution in [0.3, 0.4) is 0 Å². The standard InChI is InChI=1S/C16H22F2N2O/c17-14-7-12(8-15(18)9-14)10-19-3-5-20(6-4-19)11-16(21)13-1-2-13/h7-9,13,16,21H,1-6,10-11H2/t16-/m1/s1. The van der Waals surface area contributed by atoms with Gasteiger partial charge in [0, 0.05) is 45.3 Å². The molecule has 21 heavy (non-hydrogen) atoms. The summed E-state index contributed by atoms with van der Waals surface area (Å²) in [6, 6.07) is 3.69. The molecule has 0 aromatic heterocycles. The average Bonchev–Trinajstić information content (AvgIpc) is 3.24. The van der Waals surface area contributed by atoms with Crippen molar-refractivity contribution in [3.8, 4) is 0 Å². The summed E-state index contributed by atoms with van der Waals surface area (Å²) in [5, 5.41) is 9.96. The zero-order chi connectivity index (χ0) is 14.8. The zero-order valence-corrected chi connectivity index (χ0v) is 12.1. The van der Waals surface area contributed by atoms with Crippen LogP contribution in [0.4, 0.5) is 8.78 Å². The normalized spacial score (nSPS) is 22.4. The lowest BCUT2D eigenvalue weighted by Gasteiger charge is -2.35. The number of rotatable bonds is 5. The van der Waals surface area contributed by atoms with Crippen molar-refractivity contribution >= 4 is 0 Å². The van der Waals surface area contributed by atoms with Gasteiger partial charge in [-0.25, -0.2) is 8.78 Å². The van der Waals surface area contributed by atoms with Crippen molar-refractivity contribution < 1.29 is 13.9 Å². The predicted molar refractivity (Wildman–Crippen MR) is 76.8 cm³/mol. The first kappa shape index (κ1) is 14.9. The Morgan fingerprint density at radius 2 is 1.57 bits per heavy atom. The molecule has 0 radical (unpaired) electrons. The Morgan fingerprint density at radius 3 is 2.14 bits per heavy atom. The highest BCUT2D eigenvalue weighted by molar-refractivity contribution is 5.17. The molecule has 2 aliphatic rings. The fraction of sp³-hybridized carbons (Fsp3) is 0.625. The van der Waals surface area contributed by atoms with Gasteiger partial charge in [0.2, 0.25) is 0 Å². The maximum atomic E-state index is 13.2. The van der Waals surface area contributed by atoms with Crippen molar-refractivity contribution in [2.45, 2.75) is 25.5 Å². The second kappa shape index (κ2) is 6.38. The summed E-state index contributed by atoms with van der Waals surface area (Å²) >= 11 is 0. The lowest BCUT2D eigenvalue weighted by molar-refractivity contribution is 0.0601. The highest BCUT2D eigenvalue weighted by Crippen LogP contribution is 2.32. The van der Waals surface area contributed by atoms with Crippen LogP contribution < -0.4 is 0 Å². The van der Waals surface area contributed by atoms with Gasteiger partial charge in [-0.1, -0.05) is 0 Å². The monoisotopic (exact) mass is 296 g/mol. The topological polar surface area (TPSA) is 26.7 Å². The minimum atomic E-state index is -0.517. The molecule has 0 spiro atoms. The van der Waals surface area contributed by atoms with E-state index in [1.54, 1.807) is 0 Å². The molecule has 3 nitrogen and oxygen atoms in total. The molecule has 1 heterocycles. The van der Waals surface area contributed by atoms with E-state index >= 15 is 0 Å². The van der Waals surface area contributed by atoms with Crippen LogP contribution >= 0.6 is 0 Å². The van der Waals surface area contributed by atoms with Crippen molar-refractivity contribution in [3.05, 3.63) is 35.4 Å². The maximum Gasteiger partial charge on any atom is 0.126 e. The van der Waals surface area contributed by atoms with Gasteiger partial charge in [-0.15, -0.1) is 0 Å². The zero-order valence-electron chi connectivity index (χ0n) is 12.1. The first-order valence-electron chi connectivity index (χ1n) is 7.68. The van der Waals surface area contributed by atoms with Crippen LogP contribution in [0.25, 0.3) is 0 Å². The van der Waals surface area contributed by atoms with Crippen molar-refractivity contribution in [2.24, 2.45) is 5.92 Å². The SMILES string of the molecule is O[C@H](CN1CCN(Cc2cc(F)cc(F)c2)CC1)C1CC1. The van der Waals surface area contributed by atoms with E-state index in [9.17, 15) is 13.9 Å². The number of piperazine rings is 1. The third-order valence-corrected chi connectivity index (χ3v) is 4.40. The van der Waals surface area contributed by atoms with Gasteiger partial charge < -0.3 is 5.11 Å². The Labute approximate surface area is 124 Å². The Bertz CT molecular complexity index is 465. The van der Waals surface area contributed by atoms with Gasteiger partial charge in [-0.05, 0) is 36.5 Å². The van der Waals surface area contributed by atoms with Crippen LogP contribution in [0.1, 0.15) is 18.4 Å². The molecule has 0 amide bonds. The van der Waals surface area contributed by atoms with Crippen LogP contribution in [-0.2, 0) is 6.54 Å². The molecule has 0 unspecified atom stereocenters. The van der Waals surface area contributed by atoms with E-state index in [1.807, 2.05) is 0 Å². The summed E-state index contributed by atoms with van der Waals surface area (Å²) < 4.78 is 26.3. The number of hydrogen-bond donors (Lipinski definition) is 1. The molecule has 1 N–H and O–H groups in total. The van der Waals surface area contributed by atoms with Gasteiger partial charge in [0.05, 0.1) is 6.10 Å².